The van der Waals surface area contributed by atoms with E-state index in [-0.39, 0.29) is 12.7 Å². The van der Waals surface area contributed by atoms with Crippen LogP contribution in [0, 0.1) is 0 Å². The van der Waals surface area contributed by atoms with Crippen molar-refractivity contribution in [3.8, 4) is 11.5 Å². The molecule has 5 heteroatoms. The number of halogens is 1. The number of benzene rings is 2. The molecule has 4 nitrogen and oxygen atoms in total. The maximum atomic E-state index is 12.1. The zero-order chi connectivity index (χ0) is 14.4. The summed E-state index contributed by atoms with van der Waals surface area (Å²) in [6.07, 6.45) is 1.85. The van der Waals surface area contributed by atoms with Crippen molar-refractivity contribution in [3.05, 3.63) is 52.0 Å². The molecule has 4 rings (SSSR count). The van der Waals surface area contributed by atoms with Crippen molar-refractivity contribution in [3.63, 3.8) is 0 Å². The Labute approximate surface area is 129 Å². The lowest BCUT2D eigenvalue weighted by Gasteiger charge is -2.03. The molecule has 0 spiro atoms. The second-order valence-electron chi connectivity index (χ2n) is 4.78. The average molecular weight is 344 g/mol. The molecular weight excluding hydrogens is 334 g/mol. The summed E-state index contributed by atoms with van der Waals surface area (Å²) in [6, 6.07) is 11.4. The molecule has 1 amide bonds. The summed E-state index contributed by atoms with van der Waals surface area (Å²) in [5, 5.41) is 2.86. The summed E-state index contributed by atoms with van der Waals surface area (Å²) in [4.78, 5) is 12.1. The van der Waals surface area contributed by atoms with Crippen LogP contribution in [0.3, 0.4) is 0 Å². The van der Waals surface area contributed by atoms with Gasteiger partial charge in [-0.1, -0.05) is 34.1 Å². The quantitative estimate of drug-likeness (QED) is 0.803. The van der Waals surface area contributed by atoms with Gasteiger partial charge < -0.3 is 14.8 Å². The van der Waals surface area contributed by atoms with Gasteiger partial charge in [0.2, 0.25) is 6.79 Å². The highest BCUT2D eigenvalue weighted by Gasteiger charge is 2.24. The van der Waals surface area contributed by atoms with Gasteiger partial charge in [-0.25, -0.2) is 0 Å². The average Bonchev–Trinajstić information content (AvgIpc) is 3.04. The molecule has 0 atom stereocenters. The van der Waals surface area contributed by atoms with Crippen molar-refractivity contribution < 1.29 is 14.3 Å². The minimum atomic E-state index is -0.0965. The first-order chi connectivity index (χ1) is 10.2. The lowest BCUT2D eigenvalue weighted by molar-refractivity contribution is -0.110. The van der Waals surface area contributed by atoms with E-state index in [0.717, 1.165) is 21.3 Å². The molecule has 2 heterocycles. The van der Waals surface area contributed by atoms with Gasteiger partial charge >= 0.3 is 0 Å². The number of fused-ring (bicyclic) bond motifs is 2. The highest BCUT2D eigenvalue weighted by Crippen LogP contribution is 2.39. The van der Waals surface area contributed by atoms with Crippen LogP contribution >= 0.6 is 15.9 Å². The van der Waals surface area contributed by atoms with E-state index >= 15 is 0 Å². The van der Waals surface area contributed by atoms with Gasteiger partial charge in [-0.05, 0) is 29.8 Å². The molecule has 2 aromatic carbocycles. The van der Waals surface area contributed by atoms with Crippen LogP contribution in [0.15, 0.2) is 40.9 Å². The van der Waals surface area contributed by atoms with E-state index in [0.29, 0.717) is 17.1 Å². The number of amides is 1. The number of ether oxygens (including phenoxy) is 2. The molecule has 0 aromatic heterocycles. The third-order valence-electron chi connectivity index (χ3n) is 3.50. The van der Waals surface area contributed by atoms with Gasteiger partial charge in [-0.3, -0.25) is 4.79 Å². The molecule has 2 aliphatic rings. The minimum Gasteiger partial charge on any atom is -0.454 e. The van der Waals surface area contributed by atoms with Crippen LogP contribution in [0.5, 0.6) is 11.5 Å². The highest BCUT2D eigenvalue weighted by molar-refractivity contribution is 9.10. The maximum absolute atomic E-state index is 12.1. The first kappa shape index (κ1) is 12.5. The fourth-order valence-electron chi connectivity index (χ4n) is 2.48. The summed E-state index contributed by atoms with van der Waals surface area (Å²) in [5.74, 6) is 1.30. The molecule has 2 aromatic rings. The molecule has 104 valence electrons. The van der Waals surface area contributed by atoms with Gasteiger partial charge in [0.05, 0.1) is 0 Å². The van der Waals surface area contributed by atoms with Crippen molar-refractivity contribution in [1.29, 1.82) is 0 Å². The molecule has 0 aliphatic carbocycles. The maximum Gasteiger partial charge on any atom is 0.256 e. The Morgan fingerprint density at radius 2 is 1.90 bits per heavy atom. The molecule has 2 aliphatic heterocycles. The smallest absolute Gasteiger partial charge is 0.256 e. The van der Waals surface area contributed by atoms with E-state index in [1.165, 1.54) is 0 Å². The van der Waals surface area contributed by atoms with Gasteiger partial charge in [-0.15, -0.1) is 0 Å². The zero-order valence-electron chi connectivity index (χ0n) is 10.9. The zero-order valence-corrected chi connectivity index (χ0v) is 12.4. The van der Waals surface area contributed by atoms with E-state index in [9.17, 15) is 4.79 Å². The highest BCUT2D eigenvalue weighted by atomic mass is 79.9. The SMILES string of the molecule is O=C1Nc2ccccc2/C1=C/c1cc2c(cc1Br)OCO2. The number of carbonyl (C=O) groups is 1. The van der Waals surface area contributed by atoms with Crippen molar-refractivity contribution in [2.45, 2.75) is 0 Å². The molecule has 0 bridgehead atoms. The normalized spacial score (nSPS) is 17.0. The van der Waals surface area contributed by atoms with E-state index in [1.807, 2.05) is 42.5 Å². The second kappa shape index (κ2) is 4.63. The number of hydrogen-bond donors (Lipinski definition) is 1. The third kappa shape index (κ3) is 2.01. The Bertz CT molecular complexity index is 798. The van der Waals surface area contributed by atoms with Crippen molar-refractivity contribution >= 4 is 39.2 Å². The van der Waals surface area contributed by atoms with Gasteiger partial charge in [0.25, 0.3) is 5.91 Å². The summed E-state index contributed by atoms with van der Waals surface area (Å²) >= 11 is 3.51. The fourth-order valence-corrected chi connectivity index (χ4v) is 2.92. The van der Waals surface area contributed by atoms with E-state index in [2.05, 4.69) is 21.2 Å². The summed E-state index contributed by atoms with van der Waals surface area (Å²) in [5.41, 5.74) is 3.27. The largest absolute Gasteiger partial charge is 0.454 e. The van der Waals surface area contributed by atoms with Gasteiger partial charge in [0, 0.05) is 21.3 Å². The number of rotatable bonds is 1. The molecule has 0 fully saturated rings. The van der Waals surface area contributed by atoms with E-state index in [1.54, 1.807) is 0 Å². The monoisotopic (exact) mass is 343 g/mol. The standard InChI is InChI=1S/C16H10BrNO3/c17-12-7-15-14(20-8-21-15)6-9(12)5-11-10-3-1-2-4-13(10)18-16(11)19/h1-7H,8H2,(H,18,19)/b11-5-. The predicted octanol–water partition coefficient (Wildman–Crippen LogP) is 3.67. The first-order valence-corrected chi connectivity index (χ1v) is 7.23. The molecule has 0 saturated heterocycles. The van der Waals surface area contributed by atoms with Crippen molar-refractivity contribution in [2.75, 3.05) is 12.1 Å². The summed E-state index contributed by atoms with van der Waals surface area (Å²) in [7, 11) is 0. The van der Waals surface area contributed by atoms with Crippen LogP contribution in [0.25, 0.3) is 11.6 Å². The Morgan fingerprint density at radius 3 is 2.76 bits per heavy atom. The van der Waals surface area contributed by atoms with Crippen molar-refractivity contribution in [2.24, 2.45) is 0 Å². The minimum absolute atomic E-state index is 0.0965. The molecule has 0 saturated carbocycles. The Morgan fingerprint density at radius 1 is 1.14 bits per heavy atom. The summed E-state index contributed by atoms with van der Waals surface area (Å²) in [6.45, 7) is 0.227. The number of anilines is 1. The van der Waals surface area contributed by atoms with Crippen LogP contribution in [0.1, 0.15) is 11.1 Å². The van der Waals surface area contributed by atoms with Gasteiger partial charge in [0.15, 0.2) is 11.5 Å². The Hall–Kier alpha value is -2.27. The number of hydrogen-bond acceptors (Lipinski definition) is 3. The number of para-hydroxylation sites is 1. The Kier molecular flexibility index (Phi) is 2.75. The van der Waals surface area contributed by atoms with Gasteiger partial charge in [0.1, 0.15) is 0 Å². The van der Waals surface area contributed by atoms with Crippen LogP contribution in [0.2, 0.25) is 0 Å². The van der Waals surface area contributed by atoms with Crippen molar-refractivity contribution in [1.82, 2.24) is 0 Å². The first-order valence-electron chi connectivity index (χ1n) is 6.44. The predicted molar refractivity (Wildman–Crippen MR) is 83.2 cm³/mol. The lowest BCUT2D eigenvalue weighted by atomic mass is 10.0. The van der Waals surface area contributed by atoms with Crippen LogP contribution in [-0.2, 0) is 4.79 Å². The Balaban J connectivity index is 1.84. The molecule has 0 radical (unpaired) electrons. The third-order valence-corrected chi connectivity index (χ3v) is 4.19. The fraction of sp³-hybridized carbons (Fsp3) is 0.0625. The van der Waals surface area contributed by atoms with Crippen LogP contribution in [-0.4, -0.2) is 12.7 Å². The lowest BCUT2D eigenvalue weighted by Crippen LogP contribution is -2.03. The number of carbonyl (C=O) groups excluding carboxylic acids is 1. The number of nitrogens with one attached hydrogen (secondary N) is 1. The van der Waals surface area contributed by atoms with Gasteiger partial charge in [-0.2, -0.15) is 0 Å². The molecule has 0 unspecified atom stereocenters. The second-order valence-corrected chi connectivity index (χ2v) is 5.64. The van der Waals surface area contributed by atoms with Crippen LogP contribution < -0.4 is 14.8 Å². The molecular formula is C16H10BrNO3. The summed E-state index contributed by atoms with van der Waals surface area (Å²) < 4.78 is 11.6. The van der Waals surface area contributed by atoms with Crippen LogP contribution in [0.4, 0.5) is 5.69 Å². The van der Waals surface area contributed by atoms with E-state index in [4.69, 9.17) is 9.47 Å². The molecule has 1 N–H and O–H groups in total. The molecule has 21 heavy (non-hydrogen) atoms. The van der Waals surface area contributed by atoms with E-state index < -0.39 is 0 Å². The topological polar surface area (TPSA) is 47.6 Å².